The number of hydrogen-bond acceptors (Lipinski definition) is 8. The third-order valence-electron chi connectivity index (χ3n) is 3.78. The van der Waals surface area contributed by atoms with E-state index in [9.17, 15) is 9.59 Å². The predicted molar refractivity (Wildman–Crippen MR) is 96.0 cm³/mol. The average Bonchev–Trinajstić information content (AvgIpc) is 3.23. The number of ether oxygens (including phenoxy) is 1. The van der Waals surface area contributed by atoms with Crippen molar-refractivity contribution in [3.63, 3.8) is 0 Å². The quantitative estimate of drug-likeness (QED) is 0.631. The Bertz CT molecular complexity index is 982. The number of esters is 1. The number of rotatable bonds is 5. The summed E-state index contributed by atoms with van der Waals surface area (Å²) in [5.41, 5.74) is -0.413. The Labute approximate surface area is 153 Å². The summed E-state index contributed by atoms with van der Waals surface area (Å²) < 4.78 is 11.9. The highest BCUT2D eigenvalue weighted by molar-refractivity contribution is 7.16. The number of aryl methyl sites for hydroxylation is 1. The molecule has 0 aliphatic heterocycles. The van der Waals surface area contributed by atoms with Crippen LogP contribution in [0.5, 0.6) is 0 Å². The number of fused-ring (bicyclic) bond motifs is 1. The molecule has 0 bridgehead atoms. The van der Waals surface area contributed by atoms with Crippen molar-refractivity contribution in [3.8, 4) is 0 Å². The van der Waals surface area contributed by atoms with Crippen LogP contribution in [0.1, 0.15) is 51.9 Å². The Morgan fingerprint density at radius 1 is 1.42 bits per heavy atom. The fourth-order valence-electron chi connectivity index (χ4n) is 2.28. The fraction of sp³-hybridized carbons (Fsp3) is 0.471. The lowest BCUT2D eigenvalue weighted by atomic mass is 9.96. The molecule has 138 valence electrons. The van der Waals surface area contributed by atoms with E-state index in [2.05, 4.69) is 15.1 Å². The smallest absolute Gasteiger partial charge is 0.308 e. The van der Waals surface area contributed by atoms with Crippen molar-refractivity contribution < 1.29 is 14.1 Å². The normalized spacial score (nSPS) is 13.1. The van der Waals surface area contributed by atoms with Gasteiger partial charge >= 0.3 is 5.97 Å². The van der Waals surface area contributed by atoms with Gasteiger partial charge in [0.05, 0.1) is 18.1 Å². The lowest BCUT2D eigenvalue weighted by Gasteiger charge is -2.12. The lowest BCUT2D eigenvalue weighted by molar-refractivity contribution is -0.150. The molecule has 9 heteroatoms. The molecular formula is C17H20N4O4S. The van der Waals surface area contributed by atoms with Crippen molar-refractivity contribution in [1.29, 1.82) is 0 Å². The first kappa shape index (κ1) is 18.2. The van der Waals surface area contributed by atoms with Crippen LogP contribution in [0.2, 0.25) is 0 Å². The SMILES string of the molecule is CC(OC(=O)CCn1cnc2sccc2c1=O)c1nc(C(C)(C)C)no1. The van der Waals surface area contributed by atoms with Crippen molar-refractivity contribution in [2.75, 3.05) is 0 Å². The van der Waals surface area contributed by atoms with Crippen molar-refractivity contribution in [1.82, 2.24) is 19.7 Å². The van der Waals surface area contributed by atoms with Gasteiger partial charge in [0.15, 0.2) is 11.9 Å². The van der Waals surface area contributed by atoms with E-state index in [1.54, 1.807) is 13.0 Å². The fourth-order valence-corrected chi connectivity index (χ4v) is 3.00. The Kier molecular flexibility index (Phi) is 4.90. The van der Waals surface area contributed by atoms with E-state index in [1.807, 2.05) is 26.2 Å². The summed E-state index contributed by atoms with van der Waals surface area (Å²) in [6.07, 6.45) is 0.841. The minimum atomic E-state index is -0.652. The maximum absolute atomic E-state index is 12.3. The maximum Gasteiger partial charge on any atom is 0.308 e. The van der Waals surface area contributed by atoms with E-state index in [1.165, 1.54) is 22.2 Å². The van der Waals surface area contributed by atoms with Gasteiger partial charge in [-0.3, -0.25) is 14.2 Å². The molecule has 0 saturated heterocycles. The van der Waals surface area contributed by atoms with Gasteiger partial charge in [-0.1, -0.05) is 25.9 Å². The first-order valence-electron chi connectivity index (χ1n) is 8.22. The van der Waals surface area contributed by atoms with Crippen LogP contribution in [0.25, 0.3) is 10.2 Å². The van der Waals surface area contributed by atoms with Gasteiger partial charge in [0.1, 0.15) is 4.83 Å². The van der Waals surface area contributed by atoms with E-state index < -0.39 is 12.1 Å². The van der Waals surface area contributed by atoms with Crippen LogP contribution in [0, 0.1) is 0 Å². The maximum atomic E-state index is 12.3. The first-order valence-corrected chi connectivity index (χ1v) is 9.10. The molecule has 0 saturated carbocycles. The summed E-state index contributed by atoms with van der Waals surface area (Å²) >= 11 is 1.40. The van der Waals surface area contributed by atoms with Crippen LogP contribution >= 0.6 is 11.3 Å². The topological polar surface area (TPSA) is 100 Å². The van der Waals surface area contributed by atoms with E-state index in [-0.39, 0.29) is 29.8 Å². The summed E-state index contributed by atoms with van der Waals surface area (Å²) in [7, 11) is 0. The summed E-state index contributed by atoms with van der Waals surface area (Å²) in [4.78, 5) is 33.5. The standard InChI is InChI=1S/C17H20N4O4S/c1-10(13-19-16(20-25-13)17(2,3)4)24-12(22)5-7-21-9-18-14-11(15(21)23)6-8-26-14/h6,8-10H,5,7H2,1-4H3. The highest BCUT2D eigenvalue weighted by atomic mass is 32.1. The molecule has 0 aliphatic rings. The molecule has 3 heterocycles. The lowest BCUT2D eigenvalue weighted by Crippen LogP contribution is -2.22. The second-order valence-electron chi connectivity index (χ2n) is 6.97. The molecular weight excluding hydrogens is 356 g/mol. The third kappa shape index (κ3) is 3.82. The average molecular weight is 376 g/mol. The van der Waals surface area contributed by atoms with Crippen molar-refractivity contribution in [2.45, 2.75) is 52.2 Å². The summed E-state index contributed by atoms with van der Waals surface area (Å²) in [5, 5.41) is 6.29. The third-order valence-corrected chi connectivity index (χ3v) is 4.60. The molecule has 0 fully saturated rings. The second kappa shape index (κ2) is 6.99. The molecule has 0 aliphatic carbocycles. The molecule has 1 atom stereocenters. The largest absolute Gasteiger partial charge is 0.452 e. The van der Waals surface area contributed by atoms with E-state index in [0.717, 1.165) is 0 Å². The van der Waals surface area contributed by atoms with Gasteiger partial charge < -0.3 is 9.26 Å². The van der Waals surface area contributed by atoms with Gasteiger partial charge in [0, 0.05) is 12.0 Å². The zero-order valence-electron chi connectivity index (χ0n) is 15.1. The molecule has 26 heavy (non-hydrogen) atoms. The van der Waals surface area contributed by atoms with Gasteiger partial charge in [-0.15, -0.1) is 11.3 Å². The number of carbonyl (C=O) groups excluding carboxylic acids is 1. The van der Waals surface area contributed by atoms with Crippen LogP contribution in [-0.4, -0.2) is 25.7 Å². The van der Waals surface area contributed by atoms with Crippen LogP contribution in [0.3, 0.4) is 0 Å². The molecule has 3 aromatic rings. The van der Waals surface area contributed by atoms with Crippen LogP contribution in [0.4, 0.5) is 0 Å². The molecule has 0 N–H and O–H groups in total. The molecule has 0 amide bonds. The van der Waals surface area contributed by atoms with E-state index >= 15 is 0 Å². The van der Waals surface area contributed by atoms with Gasteiger partial charge in [-0.2, -0.15) is 4.98 Å². The molecule has 0 radical (unpaired) electrons. The van der Waals surface area contributed by atoms with Gasteiger partial charge in [0.25, 0.3) is 11.4 Å². The minimum Gasteiger partial charge on any atom is -0.452 e. The van der Waals surface area contributed by atoms with Crippen molar-refractivity contribution in [3.05, 3.63) is 39.8 Å². The minimum absolute atomic E-state index is 0.0435. The molecule has 0 spiro atoms. The monoisotopic (exact) mass is 376 g/mol. The zero-order valence-corrected chi connectivity index (χ0v) is 15.9. The summed E-state index contributed by atoms with van der Waals surface area (Å²) in [6.45, 7) is 7.76. The van der Waals surface area contributed by atoms with Gasteiger partial charge in [-0.05, 0) is 18.4 Å². The van der Waals surface area contributed by atoms with Gasteiger partial charge in [-0.25, -0.2) is 4.98 Å². The van der Waals surface area contributed by atoms with Crippen LogP contribution < -0.4 is 5.56 Å². The highest BCUT2D eigenvalue weighted by Gasteiger charge is 2.24. The summed E-state index contributed by atoms with van der Waals surface area (Å²) in [5.74, 6) is 0.351. The number of aromatic nitrogens is 4. The van der Waals surface area contributed by atoms with E-state index in [0.29, 0.717) is 16.0 Å². The van der Waals surface area contributed by atoms with Crippen LogP contribution in [0.15, 0.2) is 27.1 Å². The number of thiophene rings is 1. The highest BCUT2D eigenvalue weighted by Crippen LogP contribution is 2.22. The Hall–Kier alpha value is -2.55. The Balaban J connectivity index is 1.60. The van der Waals surface area contributed by atoms with E-state index in [4.69, 9.17) is 9.26 Å². The summed E-state index contributed by atoms with van der Waals surface area (Å²) in [6, 6.07) is 1.73. The number of carbonyl (C=O) groups is 1. The zero-order chi connectivity index (χ0) is 18.9. The molecule has 0 aromatic carbocycles. The molecule has 3 aromatic heterocycles. The molecule has 1 unspecified atom stereocenters. The Morgan fingerprint density at radius 2 is 2.19 bits per heavy atom. The number of hydrogen-bond donors (Lipinski definition) is 0. The van der Waals surface area contributed by atoms with Crippen molar-refractivity contribution in [2.24, 2.45) is 0 Å². The predicted octanol–water partition coefficient (Wildman–Crippen LogP) is 2.83. The first-order chi connectivity index (χ1) is 12.3. The molecule has 8 nitrogen and oxygen atoms in total. The van der Waals surface area contributed by atoms with Crippen LogP contribution in [-0.2, 0) is 21.5 Å². The number of nitrogens with zero attached hydrogens (tertiary/aromatic N) is 4. The Morgan fingerprint density at radius 3 is 2.88 bits per heavy atom. The van der Waals surface area contributed by atoms with Crippen molar-refractivity contribution >= 4 is 27.5 Å². The van der Waals surface area contributed by atoms with Gasteiger partial charge in [0.2, 0.25) is 0 Å². The second-order valence-corrected chi connectivity index (χ2v) is 7.87. The molecule has 3 rings (SSSR count).